The standard InChI is InChI=1S/C42H60/c1-28(2)18-32(7)35-16-17-39(36(22-35)21-31(6)20-34-14-12-30(5)13-15-34)40(19-29(3)4)38-26-42(27-38)24-37(25-42)33(8)23-41(9,10)11/h12-17,22,29,32,37-38,40H,1,6,8,18-21,23-27H2,2-5,7,9-11H3/t32-,37?,38?,40?,42?/m1/s1. The van der Waals surface area contributed by atoms with Crippen molar-refractivity contribution in [1.29, 1.82) is 0 Å². The predicted octanol–water partition coefficient (Wildman–Crippen LogP) is 12.3. The van der Waals surface area contributed by atoms with E-state index in [-0.39, 0.29) is 0 Å². The van der Waals surface area contributed by atoms with Crippen molar-refractivity contribution in [2.75, 3.05) is 0 Å². The van der Waals surface area contributed by atoms with Crippen molar-refractivity contribution in [3.63, 3.8) is 0 Å². The molecule has 0 amide bonds. The maximum absolute atomic E-state index is 4.60. The molecule has 0 bridgehead atoms. The lowest BCUT2D eigenvalue weighted by Crippen LogP contribution is -2.49. The number of hydrogen-bond donors (Lipinski definition) is 0. The van der Waals surface area contributed by atoms with Crippen LogP contribution in [0.3, 0.4) is 0 Å². The minimum absolute atomic E-state index is 0.345. The van der Waals surface area contributed by atoms with Crippen molar-refractivity contribution in [2.24, 2.45) is 28.6 Å². The Kier molecular flexibility index (Phi) is 10.2. The zero-order valence-corrected chi connectivity index (χ0v) is 28.4. The van der Waals surface area contributed by atoms with E-state index in [1.807, 2.05) is 0 Å². The molecule has 4 rings (SSSR count). The maximum Gasteiger partial charge on any atom is -0.00635 e. The molecule has 0 aromatic heterocycles. The summed E-state index contributed by atoms with van der Waals surface area (Å²) in [4.78, 5) is 0. The van der Waals surface area contributed by atoms with E-state index in [1.54, 1.807) is 5.56 Å². The van der Waals surface area contributed by atoms with Gasteiger partial charge in [0.25, 0.3) is 0 Å². The fraction of sp³-hybridized carbons (Fsp3) is 0.571. The van der Waals surface area contributed by atoms with Crippen LogP contribution in [0.5, 0.6) is 0 Å². The number of benzene rings is 2. The topological polar surface area (TPSA) is 0 Å². The normalized spacial score (nSPS) is 23.3. The van der Waals surface area contributed by atoms with E-state index in [2.05, 4.69) is 118 Å². The van der Waals surface area contributed by atoms with Gasteiger partial charge in [-0.3, -0.25) is 0 Å². The molecule has 2 aromatic rings. The Morgan fingerprint density at radius 1 is 0.905 bits per heavy atom. The third-order valence-corrected chi connectivity index (χ3v) is 10.2. The van der Waals surface area contributed by atoms with E-state index in [9.17, 15) is 0 Å². The van der Waals surface area contributed by atoms with E-state index >= 15 is 0 Å². The third kappa shape index (κ3) is 8.39. The lowest BCUT2D eigenvalue weighted by atomic mass is 9.44. The van der Waals surface area contributed by atoms with Gasteiger partial charge < -0.3 is 0 Å². The zero-order valence-electron chi connectivity index (χ0n) is 28.4. The van der Waals surface area contributed by atoms with Crippen LogP contribution in [0, 0.1) is 35.5 Å². The Morgan fingerprint density at radius 2 is 1.55 bits per heavy atom. The Balaban J connectivity index is 1.54. The van der Waals surface area contributed by atoms with E-state index < -0.39 is 0 Å². The van der Waals surface area contributed by atoms with Gasteiger partial charge in [-0.15, -0.1) is 6.58 Å². The Morgan fingerprint density at radius 3 is 2.12 bits per heavy atom. The molecular formula is C42H60. The quantitative estimate of drug-likeness (QED) is 0.212. The van der Waals surface area contributed by atoms with Gasteiger partial charge in [0.05, 0.1) is 0 Å². The average Bonchev–Trinajstić information content (AvgIpc) is 2.81. The molecule has 0 heterocycles. The van der Waals surface area contributed by atoms with Crippen LogP contribution in [0.1, 0.15) is 133 Å². The van der Waals surface area contributed by atoms with Crippen molar-refractivity contribution < 1.29 is 0 Å². The summed E-state index contributed by atoms with van der Waals surface area (Å²) in [6, 6.07) is 16.5. The molecule has 2 aliphatic carbocycles. The van der Waals surface area contributed by atoms with Crippen LogP contribution in [0.15, 0.2) is 78.9 Å². The fourth-order valence-electron chi connectivity index (χ4n) is 8.27. The van der Waals surface area contributed by atoms with Crippen LogP contribution in [0.2, 0.25) is 0 Å². The highest BCUT2D eigenvalue weighted by Crippen LogP contribution is 2.66. The molecule has 0 N–H and O–H groups in total. The minimum Gasteiger partial charge on any atom is -0.100 e. The summed E-state index contributed by atoms with van der Waals surface area (Å²) < 4.78 is 0. The van der Waals surface area contributed by atoms with Crippen molar-refractivity contribution in [1.82, 2.24) is 0 Å². The van der Waals surface area contributed by atoms with Crippen molar-refractivity contribution in [2.45, 2.75) is 125 Å². The van der Waals surface area contributed by atoms with Crippen LogP contribution in [-0.2, 0) is 12.8 Å². The summed E-state index contributed by atoms with van der Waals surface area (Å²) in [5.41, 5.74) is 12.3. The summed E-state index contributed by atoms with van der Waals surface area (Å²) in [7, 11) is 0. The van der Waals surface area contributed by atoms with Crippen molar-refractivity contribution >= 4 is 0 Å². The van der Waals surface area contributed by atoms with Gasteiger partial charge in [-0.25, -0.2) is 0 Å². The maximum atomic E-state index is 4.60. The van der Waals surface area contributed by atoms with Crippen molar-refractivity contribution in [3.8, 4) is 0 Å². The zero-order chi connectivity index (χ0) is 30.8. The molecule has 2 atom stereocenters. The molecule has 42 heavy (non-hydrogen) atoms. The highest BCUT2D eigenvalue weighted by molar-refractivity contribution is 5.40. The van der Waals surface area contributed by atoms with Gasteiger partial charge in [0.1, 0.15) is 0 Å². The van der Waals surface area contributed by atoms with Crippen molar-refractivity contribution in [3.05, 3.63) is 107 Å². The molecule has 2 aromatic carbocycles. The number of allylic oxidation sites excluding steroid dienone is 3. The third-order valence-electron chi connectivity index (χ3n) is 10.2. The summed E-state index contributed by atoms with van der Waals surface area (Å²) in [6.07, 6.45) is 11.0. The second-order valence-electron chi connectivity index (χ2n) is 16.5. The number of aryl methyl sites for hydroxylation is 1. The molecule has 2 fully saturated rings. The Hall–Kier alpha value is -2.34. The van der Waals surface area contributed by atoms with Gasteiger partial charge >= 0.3 is 0 Å². The van der Waals surface area contributed by atoms with Gasteiger partial charge in [-0.2, -0.15) is 0 Å². The monoisotopic (exact) mass is 564 g/mol. The van der Waals surface area contributed by atoms with Crippen LogP contribution in [0.25, 0.3) is 0 Å². The van der Waals surface area contributed by atoms with Crippen LogP contribution in [-0.4, -0.2) is 0 Å². The second kappa shape index (κ2) is 13.1. The Bertz CT molecular complexity index is 1250. The Labute approximate surface area is 259 Å². The molecule has 2 saturated carbocycles. The lowest BCUT2D eigenvalue weighted by Gasteiger charge is -2.60. The minimum atomic E-state index is 0.345. The first-order valence-corrected chi connectivity index (χ1v) is 16.8. The highest BCUT2D eigenvalue weighted by atomic mass is 14.6. The highest BCUT2D eigenvalue weighted by Gasteiger charge is 2.55. The molecule has 0 saturated heterocycles. The molecular weight excluding hydrogens is 504 g/mol. The smallest absolute Gasteiger partial charge is 0.00635 e. The summed E-state index contributed by atoms with van der Waals surface area (Å²) in [5.74, 6) is 3.37. The summed E-state index contributed by atoms with van der Waals surface area (Å²) in [6.45, 7) is 31.9. The SMILES string of the molecule is C=C(C)C[C@@H](C)c1ccc(C(CC(C)C)C2CC3(CC(C(=C)CC(C)(C)C)C3)C2)c(CC(=C)Cc2ccc(C)cc2)c1. The van der Waals surface area contributed by atoms with Gasteiger partial charge in [-0.1, -0.05) is 119 Å². The van der Waals surface area contributed by atoms with Gasteiger partial charge in [0, 0.05) is 0 Å². The molecule has 2 aliphatic rings. The molecule has 228 valence electrons. The molecule has 1 spiro atoms. The fourth-order valence-corrected chi connectivity index (χ4v) is 8.27. The largest absolute Gasteiger partial charge is 0.100 e. The predicted molar refractivity (Wildman–Crippen MR) is 185 cm³/mol. The molecule has 1 unspecified atom stereocenters. The molecule has 0 aliphatic heterocycles. The van der Waals surface area contributed by atoms with Crippen LogP contribution < -0.4 is 0 Å². The van der Waals surface area contributed by atoms with Crippen LogP contribution >= 0.6 is 0 Å². The van der Waals surface area contributed by atoms with E-state index in [4.69, 9.17) is 0 Å². The number of hydrogen-bond acceptors (Lipinski definition) is 0. The molecule has 0 nitrogen and oxygen atoms in total. The van der Waals surface area contributed by atoms with Crippen LogP contribution in [0.4, 0.5) is 0 Å². The van der Waals surface area contributed by atoms with E-state index in [0.29, 0.717) is 28.6 Å². The van der Waals surface area contributed by atoms with E-state index in [0.717, 1.165) is 31.1 Å². The van der Waals surface area contributed by atoms with Gasteiger partial charge in [0.2, 0.25) is 0 Å². The first-order valence-electron chi connectivity index (χ1n) is 16.8. The van der Waals surface area contributed by atoms with Gasteiger partial charge in [-0.05, 0) is 134 Å². The second-order valence-corrected chi connectivity index (χ2v) is 16.5. The number of rotatable bonds is 13. The first kappa shape index (κ1) is 32.6. The average molecular weight is 565 g/mol. The molecule has 0 heteroatoms. The summed E-state index contributed by atoms with van der Waals surface area (Å²) >= 11 is 0. The first-order chi connectivity index (χ1) is 19.6. The van der Waals surface area contributed by atoms with E-state index in [1.165, 1.54) is 77.5 Å². The lowest BCUT2D eigenvalue weighted by molar-refractivity contribution is -0.0688. The van der Waals surface area contributed by atoms with Gasteiger partial charge in [0.15, 0.2) is 0 Å². The summed E-state index contributed by atoms with van der Waals surface area (Å²) in [5, 5.41) is 0. The molecule has 0 radical (unpaired) electrons.